The van der Waals surface area contributed by atoms with Crippen molar-refractivity contribution in [2.75, 3.05) is 26.2 Å². The molecule has 2 N–H and O–H groups in total. The first-order chi connectivity index (χ1) is 11.3. The number of nitrogens with zero attached hydrogens (tertiary/aromatic N) is 2. The number of rotatable bonds is 4. The van der Waals surface area contributed by atoms with Crippen molar-refractivity contribution in [2.45, 2.75) is 32.2 Å². The third-order valence-electron chi connectivity index (χ3n) is 4.29. The molecule has 1 aromatic rings. The summed E-state index contributed by atoms with van der Waals surface area (Å²) in [4.78, 5) is 27.7. The van der Waals surface area contributed by atoms with Gasteiger partial charge in [0.2, 0.25) is 5.91 Å². The van der Waals surface area contributed by atoms with E-state index >= 15 is 0 Å². The molecule has 0 spiro atoms. The topological polar surface area (TPSA) is 66.6 Å². The first-order valence-corrected chi connectivity index (χ1v) is 8.09. The van der Waals surface area contributed by atoms with Gasteiger partial charge in [0.25, 0.3) is 5.91 Å². The second-order valence-corrected chi connectivity index (χ2v) is 6.35. The maximum atomic E-state index is 13.7. The Morgan fingerprint density at radius 1 is 1.12 bits per heavy atom. The van der Waals surface area contributed by atoms with Crippen molar-refractivity contribution in [3.63, 3.8) is 0 Å². The van der Waals surface area contributed by atoms with E-state index in [-0.39, 0.29) is 19.0 Å². The fourth-order valence-corrected chi connectivity index (χ4v) is 2.96. The average Bonchev–Trinajstić information content (AvgIpc) is 2.54. The maximum absolute atomic E-state index is 13.7. The Labute approximate surface area is 140 Å². The zero-order valence-corrected chi connectivity index (χ0v) is 14.0. The van der Waals surface area contributed by atoms with E-state index in [1.807, 2.05) is 6.92 Å². The van der Waals surface area contributed by atoms with Gasteiger partial charge < -0.3 is 15.5 Å². The van der Waals surface area contributed by atoms with Gasteiger partial charge in [0.1, 0.15) is 17.2 Å². The van der Waals surface area contributed by atoms with E-state index in [0.717, 1.165) is 18.6 Å². The quantitative estimate of drug-likeness (QED) is 0.909. The first kappa shape index (κ1) is 18.3. The van der Waals surface area contributed by atoms with Gasteiger partial charge in [-0.25, -0.2) is 8.78 Å². The Morgan fingerprint density at radius 2 is 1.62 bits per heavy atom. The Balaban J connectivity index is 2.03. The van der Waals surface area contributed by atoms with Gasteiger partial charge in [0.15, 0.2) is 0 Å². The molecule has 1 atom stereocenters. The fraction of sp³-hybridized carbons (Fsp3) is 0.529. The lowest BCUT2D eigenvalue weighted by atomic mass is 9.95. The lowest BCUT2D eigenvalue weighted by Crippen LogP contribution is -2.58. The summed E-state index contributed by atoms with van der Waals surface area (Å²) >= 11 is 0. The molecule has 0 bridgehead atoms. The van der Waals surface area contributed by atoms with Crippen LogP contribution in [0.15, 0.2) is 18.2 Å². The molecule has 1 aliphatic rings. The Hall–Kier alpha value is -2.02. The normalized spacial score (nSPS) is 17.5. The molecule has 0 radical (unpaired) electrons. The summed E-state index contributed by atoms with van der Waals surface area (Å²) in [6.45, 7) is 4.71. The lowest BCUT2D eigenvalue weighted by Gasteiger charge is -2.38. The summed E-state index contributed by atoms with van der Waals surface area (Å²) in [5, 5.41) is 0. The van der Waals surface area contributed by atoms with Gasteiger partial charge in [0.05, 0.1) is 5.54 Å². The molecule has 1 unspecified atom stereocenters. The summed E-state index contributed by atoms with van der Waals surface area (Å²) in [5.41, 5.74) is 4.57. The second-order valence-electron chi connectivity index (χ2n) is 6.35. The van der Waals surface area contributed by atoms with Crippen LogP contribution in [0, 0.1) is 11.6 Å². The van der Waals surface area contributed by atoms with Crippen LogP contribution < -0.4 is 5.73 Å². The highest BCUT2D eigenvalue weighted by molar-refractivity contribution is 5.95. The molecular formula is C17H23F2N3O2. The minimum Gasteiger partial charge on any atom is -0.338 e. The predicted molar refractivity (Wildman–Crippen MR) is 86.3 cm³/mol. The largest absolute Gasteiger partial charge is 0.338 e. The van der Waals surface area contributed by atoms with Gasteiger partial charge >= 0.3 is 0 Å². The second kappa shape index (κ2) is 7.25. The monoisotopic (exact) mass is 339 g/mol. The minimum atomic E-state index is -0.932. The van der Waals surface area contributed by atoms with E-state index in [9.17, 15) is 18.4 Å². The van der Waals surface area contributed by atoms with Gasteiger partial charge in [-0.1, -0.05) is 19.4 Å². The Kier molecular flexibility index (Phi) is 5.54. The molecular weight excluding hydrogens is 316 g/mol. The highest BCUT2D eigenvalue weighted by atomic mass is 19.1. The van der Waals surface area contributed by atoms with Crippen LogP contribution >= 0.6 is 0 Å². The Morgan fingerprint density at radius 3 is 2.12 bits per heavy atom. The molecule has 0 saturated carbocycles. The third kappa shape index (κ3) is 3.72. The Bertz CT molecular complexity index is 606. The number of nitrogens with two attached hydrogens (primary N) is 1. The van der Waals surface area contributed by atoms with E-state index in [1.54, 1.807) is 11.8 Å². The predicted octanol–water partition coefficient (Wildman–Crippen LogP) is 1.77. The molecule has 24 heavy (non-hydrogen) atoms. The molecule has 2 amide bonds. The van der Waals surface area contributed by atoms with Crippen molar-refractivity contribution < 1.29 is 18.4 Å². The molecule has 5 nitrogen and oxygen atoms in total. The number of carbonyl (C=O) groups is 2. The molecule has 1 fully saturated rings. The number of hydrogen-bond acceptors (Lipinski definition) is 3. The molecule has 1 saturated heterocycles. The van der Waals surface area contributed by atoms with Crippen molar-refractivity contribution in [2.24, 2.45) is 5.73 Å². The van der Waals surface area contributed by atoms with Gasteiger partial charge in [-0.05, 0) is 25.5 Å². The molecule has 0 aliphatic carbocycles. The standard InChI is InChI=1S/C17H23F2N3O2/c1-3-7-17(2,20)16(24)22-10-8-21(9-11-22)15(23)14-12(18)5-4-6-13(14)19/h4-6H,3,7-11,20H2,1-2H3. The van der Waals surface area contributed by atoms with Crippen LogP contribution in [-0.4, -0.2) is 53.3 Å². The number of carbonyl (C=O) groups excluding carboxylic acids is 2. The maximum Gasteiger partial charge on any atom is 0.259 e. The third-order valence-corrected chi connectivity index (χ3v) is 4.29. The van der Waals surface area contributed by atoms with Gasteiger partial charge in [-0.2, -0.15) is 0 Å². The zero-order chi connectivity index (χ0) is 17.9. The summed E-state index contributed by atoms with van der Waals surface area (Å²) in [7, 11) is 0. The fourth-order valence-electron chi connectivity index (χ4n) is 2.96. The van der Waals surface area contributed by atoms with E-state index in [0.29, 0.717) is 19.5 Å². The smallest absolute Gasteiger partial charge is 0.259 e. The van der Waals surface area contributed by atoms with Crippen LogP contribution in [0.3, 0.4) is 0 Å². The van der Waals surface area contributed by atoms with E-state index in [4.69, 9.17) is 5.73 Å². The molecule has 1 aromatic carbocycles. The summed E-state index contributed by atoms with van der Waals surface area (Å²) < 4.78 is 27.5. The molecule has 132 valence electrons. The van der Waals surface area contributed by atoms with E-state index in [1.165, 1.54) is 11.0 Å². The molecule has 0 aromatic heterocycles. The van der Waals surface area contributed by atoms with E-state index < -0.39 is 28.6 Å². The van der Waals surface area contributed by atoms with Crippen LogP contribution in [0.5, 0.6) is 0 Å². The minimum absolute atomic E-state index is 0.159. The first-order valence-electron chi connectivity index (χ1n) is 8.09. The van der Waals surface area contributed by atoms with Crippen LogP contribution in [-0.2, 0) is 4.79 Å². The van der Waals surface area contributed by atoms with Crippen molar-refractivity contribution in [1.82, 2.24) is 9.80 Å². The molecule has 1 heterocycles. The van der Waals surface area contributed by atoms with Crippen molar-refractivity contribution in [3.05, 3.63) is 35.4 Å². The zero-order valence-electron chi connectivity index (χ0n) is 14.0. The number of hydrogen-bond donors (Lipinski definition) is 1. The number of halogens is 2. The SMILES string of the molecule is CCCC(C)(N)C(=O)N1CCN(C(=O)c2c(F)cccc2F)CC1. The van der Waals surface area contributed by atoms with E-state index in [2.05, 4.69) is 0 Å². The van der Waals surface area contributed by atoms with Crippen molar-refractivity contribution in [3.8, 4) is 0 Å². The number of amides is 2. The highest BCUT2D eigenvalue weighted by Crippen LogP contribution is 2.18. The van der Waals surface area contributed by atoms with Crippen molar-refractivity contribution in [1.29, 1.82) is 0 Å². The number of benzene rings is 1. The lowest BCUT2D eigenvalue weighted by molar-refractivity contribution is -0.138. The molecule has 7 heteroatoms. The summed E-state index contributed by atoms with van der Waals surface area (Å²) in [5.74, 6) is -2.61. The molecule has 1 aliphatic heterocycles. The van der Waals surface area contributed by atoms with Crippen molar-refractivity contribution >= 4 is 11.8 Å². The van der Waals surface area contributed by atoms with Crippen LogP contribution in [0.1, 0.15) is 37.0 Å². The van der Waals surface area contributed by atoms with Gasteiger partial charge in [0, 0.05) is 26.2 Å². The summed E-state index contributed by atoms with van der Waals surface area (Å²) in [6, 6.07) is 3.33. The summed E-state index contributed by atoms with van der Waals surface area (Å²) in [6.07, 6.45) is 1.37. The highest BCUT2D eigenvalue weighted by Gasteiger charge is 2.35. The molecule has 2 rings (SSSR count). The van der Waals surface area contributed by atoms with Crippen LogP contribution in [0.25, 0.3) is 0 Å². The van der Waals surface area contributed by atoms with Gasteiger partial charge in [-0.3, -0.25) is 9.59 Å². The van der Waals surface area contributed by atoms with Crippen LogP contribution in [0.4, 0.5) is 8.78 Å². The van der Waals surface area contributed by atoms with Crippen LogP contribution in [0.2, 0.25) is 0 Å². The average molecular weight is 339 g/mol. The number of piperazine rings is 1. The van der Waals surface area contributed by atoms with Gasteiger partial charge in [-0.15, -0.1) is 0 Å².